The molecule has 1 aromatic heterocycles. The van der Waals surface area contributed by atoms with Gasteiger partial charge >= 0.3 is 6.03 Å². The molecule has 2 N–H and O–H groups in total. The van der Waals surface area contributed by atoms with E-state index in [1.54, 1.807) is 13.0 Å². The van der Waals surface area contributed by atoms with Crippen molar-refractivity contribution in [1.82, 2.24) is 14.9 Å². The number of fused-ring (bicyclic) bond motifs is 2. The fraction of sp³-hybridized carbons (Fsp3) is 0.476. The van der Waals surface area contributed by atoms with Crippen molar-refractivity contribution in [2.75, 3.05) is 5.32 Å². The molecule has 4 rings (SSSR count). The van der Waals surface area contributed by atoms with Crippen LogP contribution in [-0.4, -0.2) is 43.7 Å². The van der Waals surface area contributed by atoms with Crippen molar-refractivity contribution in [3.63, 3.8) is 0 Å². The van der Waals surface area contributed by atoms with Gasteiger partial charge in [-0.15, -0.1) is 0 Å². The lowest BCUT2D eigenvalue weighted by atomic mass is 9.62. The maximum atomic E-state index is 13.1. The molecule has 2 fully saturated rings. The molecule has 2 aliphatic heterocycles. The summed E-state index contributed by atoms with van der Waals surface area (Å²) >= 11 is 0. The summed E-state index contributed by atoms with van der Waals surface area (Å²) in [5.74, 6) is 0.414. The van der Waals surface area contributed by atoms with E-state index >= 15 is 0 Å². The van der Waals surface area contributed by atoms with Gasteiger partial charge in [-0.3, -0.25) is 0 Å². The van der Waals surface area contributed by atoms with Gasteiger partial charge < -0.3 is 15.3 Å². The van der Waals surface area contributed by atoms with Gasteiger partial charge in [-0.2, -0.15) is 0 Å². The van der Waals surface area contributed by atoms with Crippen molar-refractivity contribution in [3.05, 3.63) is 42.0 Å². The Bertz CT molecular complexity index is 902. The van der Waals surface area contributed by atoms with Gasteiger partial charge in [0.2, 0.25) is 0 Å². The van der Waals surface area contributed by atoms with Crippen LogP contribution in [0.3, 0.4) is 0 Å². The molecule has 7 heteroatoms. The Labute approximate surface area is 163 Å². The van der Waals surface area contributed by atoms with Gasteiger partial charge in [-0.05, 0) is 56.7 Å². The summed E-state index contributed by atoms with van der Waals surface area (Å²) in [6.45, 7) is 5.86. The zero-order valence-electron chi connectivity index (χ0n) is 16.3. The number of nitrogens with zero attached hydrogens (tertiary/aromatic N) is 3. The zero-order valence-corrected chi connectivity index (χ0v) is 16.3. The van der Waals surface area contributed by atoms with Crippen LogP contribution in [0, 0.1) is 18.7 Å². The predicted octanol–water partition coefficient (Wildman–Crippen LogP) is 3.75. The first-order valence-electron chi connectivity index (χ1n) is 9.67. The highest BCUT2D eigenvalue weighted by molar-refractivity contribution is 5.92. The standard InChI is InChI=1S/C21H25FN4O2/c1-12-6-17-9-21(8-12,14(3)27)26(17)20(28)25-16-5-4-13(2)18(7-16)19-23-10-15(22)11-24-19/h4-5,7,10-12,14,17,27H,6,8-9H2,1-3H3,(H,25,28)/t12-,14-,17-,21+/m1/s1. The van der Waals surface area contributed by atoms with Crippen LogP contribution < -0.4 is 5.32 Å². The lowest BCUT2D eigenvalue weighted by Gasteiger charge is -2.64. The van der Waals surface area contributed by atoms with E-state index in [2.05, 4.69) is 22.2 Å². The van der Waals surface area contributed by atoms with Gasteiger partial charge in [-0.25, -0.2) is 19.2 Å². The topological polar surface area (TPSA) is 78.4 Å². The minimum atomic E-state index is -0.571. The van der Waals surface area contributed by atoms with Crippen molar-refractivity contribution in [2.24, 2.45) is 5.92 Å². The number of anilines is 1. The molecule has 28 heavy (non-hydrogen) atoms. The number of carbonyl (C=O) groups excluding carboxylic acids is 1. The maximum absolute atomic E-state index is 13.1. The molecule has 148 valence electrons. The molecule has 2 aliphatic rings. The number of benzene rings is 1. The van der Waals surface area contributed by atoms with Crippen LogP contribution in [0.25, 0.3) is 11.4 Å². The lowest BCUT2D eigenvalue weighted by molar-refractivity contribution is -0.146. The highest BCUT2D eigenvalue weighted by atomic mass is 19.1. The van der Waals surface area contributed by atoms with E-state index in [1.807, 2.05) is 24.0 Å². The number of aliphatic hydroxyl groups excluding tert-OH is 1. The van der Waals surface area contributed by atoms with Crippen molar-refractivity contribution in [2.45, 2.75) is 57.7 Å². The largest absolute Gasteiger partial charge is 0.391 e. The minimum absolute atomic E-state index is 0.170. The Morgan fingerprint density at radius 1 is 1.36 bits per heavy atom. The summed E-state index contributed by atoms with van der Waals surface area (Å²) in [5.41, 5.74) is 1.82. The number of urea groups is 1. The summed E-state index contributed by atoms with van der Waals surface area (Å²) in [6.07, 6.45) is 4.31. The molecule has 0 saturated carbocycles. The predicted molar refractivity (Wildman–Crippen MR) is 104 cm³/mol. The number of piperidine rings is 1. The van der Waals surface area contributed by atoms with Gasteiger partial charge in [0, 0.05) is 17.3 Å². The van der Waals surface area contributed by atoms with E-state index in [1.165, 1.54) is 0 Å². The summed E-state index contributed by atoms with van der Waals surface area (Å²) in [4.78, 5) is 22.9. The molecule has 2 bridgehead atoms. The Balaban J connectivity index is 1.57. The smallest absolute Gasteiger partial charge is 0.322 e. The second kappa shape index (κ2) is 6.81. The Morgan fingerprint density at radius 2 is 2.07 bits per heavy atom. The van der Waals surface area contributed by atoms with E-state index in [9.17, 15) is 14.3 Å². The molecule has 2 amide bonds. The molecule has 3 heterocycles. The molecule has 2 saturated heterocycles. The van der Waals surface area contributed by atoms with Crippen LogP contribution in [0.5, 0.6) is 0 Å². The molecule has 0 radical (unpaired) electrons. The molecule has 2 aromatic rings. The number of carbonyl (C=O) groups is 1. The first-order valence-corrected chi connectivity index (χ1v) is 9.67. The summed E-state index contributed by atoms with van der Waals surface area (Å²) in [6, 6.07) is 5.48. The number of amides is 2. The molecular weight excluding hydrogens is 359 g/mol. The molecular formula is C21H25FN4O2. The third-order valence-electron chi connectivity index (χ3n) is 6.16. The van der Waals surface area contributed by atoms with Crippen LogP contribution >= 0.6 is 0 Å². The van der Waals surface area contributed by atoms with Crippen LogP contribution in [0.1, 0.15) is 38.7 Å². The van der Waals surface area contributed by atoms with Crippen LogP contribution in [-0.2, 0) is 0 Å². The fourth-order valence-corrected chi connectivity index (χ4v) is 4.86. The third kappa shape index (κ3) is 3.03. The van der Waals surface area contributed by atoms with Crippen LogP contribution in [0.15, 0.2) is 30.6 Å². The molecule has 0 aliphatic carbocycles. The number of hydrogen-bond donors (Lipinski definition) is 2. The summed E-state index contributed by atoms with van der Waals surface area (Å²) in [7, 11) is 0. The van der Waals surface area contributed by atoms with Crippen LogP contribution in [0.2, 0.25) is 0 Å². The highest BCUT2D eigenvalue weighted by Crippen LogP contribution is 2.51. The van der Waals surface area contributed by atoms with Gasteiger partial charge in [0.25, 0.3) is 0 Å². The molecule has 4 atom stereocenters. The van der Waals surface area contributed by atoms with E-state index < -0.39 is 17.5 Å². The quantitative estimate of drug-likeness (QED) is 0.845. The lowest BCUT2D eigenvalue weighted by Crippen LogP contribution is -2.76. The Hall–Kier alpha value is -2.54. The van der Waals surface area contributed by atoms with Gasteiger partial charge in [0.05, 0.1) is 24.0 Å². The number of hydrogen-bond acceptors (Lipinski definition) is 4. The molecule has 0 spiro atoms. The van der Waals surface area contributed by atoms with Gasteiger partial charge in [0.15, 0.2) is 11.6 Å². The van der Waals surface area contributed by atoms with Crippen molar-refractivity contribution in [1.29, 1.82) is 0 Å². The first kappa shape index (κ1) is 18.8. The monoisotopic (exact) mass is 384 g/mol. The molecule has 6 nitrogen and oxygen atoms in total. The zero-order chi connectivity index (χ0) is 20.1. The van der Waals surface area contributed by atoms with Crippen LogP contribution in [0.4, 0.5) is 14.9 Å². The highest BCUT2D eigenvalue weighted by Gasteiger charge is 2.60. The first-order chi connectivity index (χ1) is 13.3. The third-order valence-corrected chi connectivity index (χ3v) is 6.16. The van der Waals surface area contributed by atoms with E-state index in [0.29, 0.717) is 17.4 Å². The average molecular weight is 384 g/mol. The average Bonchev–Trinajstić information content (AvgIpc) is 2.63. The Morgan fingerprint density at radius 3 is 2.75 bits per heavy atom. The number of aromatic nitrogens is 2. The molecule has 0 unspecified atom stereocenters. The van der Waals surface area contributed by atoms with E-state index in [4.69, 9.17) is 0 Å². The van der Waals surface area contributed by atoms with E-state index in [0.717, 1.165) is 42.8 Å². The Kier molecular flexibility index (Phi) is 4.57. The SMILES string of the molecule is Cc1ccc(NC(=O)N2[C@@H]3C[C@@H](C)C[C@@]2([C@@H](C)O)C3)cc1-c1ncc(F)cn1. The summed E-state index contributed by atoms with van der Waals surface area (Å²) in [5, 5.41) is 13.3. The minimum Gasteiger partial charge on any atom is -0.391 e. The number of rotatable bonds is 3. The van der Waals surface area contributed by atoms with Crippen molar-refractivity contribution < 1.29 is 14.3 Å². The van der Waals surface area contributed by atoms with Gasteiger partial charge in [0.1, 0.15) is 0 Å². The normalized spacial score (nSPS) is 27.1. The van der Waals surface area contributed by atoms with Crippen molar-refractivity contribution >= 4 is 11.7 Å². The number of nitrogens with one attached hydrogen (secondary N) is 1. The fourth-order valence-electron chi connectivity index (χ4n) is 4.86. The van der Waals surface area contributed by atoms with Gasteiger partial charge in [-0.1, -0.05) is 13.0 Å². The number of halogens is 1. The summed E-state index contributed by atoms with van der Waals surface area (Å²) < 4.78 is 13.1. The second-order valence-electron chi connectivity index (χ2n) is 8.24. The molecule has 1 aromatic carbocycles. The van der Waals surface area contributed by atoms with E-state index in [-0.39, 0.29) is 12.1 Å². The second-order valence-corrected chi connectivity index (χ2v) is 8.24. The maximum Gasteiger partial charge on any atom is 0.322 e. The number of aliphatic hydroxyl groups is 1. The van der Waals surface area contributed by atoms with Crippen molar-refractivity contribution in [3.8, 4) is 11.4 Å². The number of aryl methyl sites for hydroxylation is 1.